The topological polar surface area (TPSA) is 75.6 Å². The number of aromatic nitrogens is 4. The van der Waals surface area contributed by atoms with Crippen molar-refractivity contribution < 1.29 is 4.79 Å². The van der Waals surface area contributed by atoms with E-state index in [4.69, 9.17) is 0 Å². The van der Waals surface area contributed by atoms with Crippen LogP contribution in [0.2, 0.25) is 0 Å². The third-order valence-electron chi connectivity index (χ3n) is 2.36. The smallest absolute Gasteiger partial charge is 0.260 e. The molecule has 0 aliphatic rings. The minimum Gasteiger partial charge on any atom is -0.305 e. The lowest BCUT2D eigenvalue weighted by atomic mass is 10.2. The highest BCUT2D eigenvalue weighted by Crippen LogP contribution is 2.09. The Morgan fingerprint density at radius 1 is 1.59 bits per heavy atom. The van der Waals surface area contributed by atoms with Crippen LogP contribution < -0.4 is 5.32 Å². The van der Waals surface area contributed by atoms with E-state index in [2.05, 4.69) is 27.5 Å². The molecule has 0 fully saturated rings. The van der Waals surface area contributed by atoms with Crippen molar-refractivity contribution in [2.24, 2.45) is 7.05 Å². The second-order valence-corrected chi connectivity index (χ2v) is 3.89. The number of carbonyl (C=O) groups excluding carboxylic acids is 1. The van der Waals surface area contributed by atoms with Crippen LogP contribution in [0.25, 0.3) is 0 Å². The average Bonchev–Trinajstić information content (AvgIpc) is 2.88. The number of nitrogens with zero attached hydrogens (tertiary/aromatic N) is 3. The minimum atomic E-state index is -0.201. The summed E-state index contributed by atoms with van der Waals surface area (Å²) in [5.74, 6) is 0.343. The summed E-state index contributed by atoms with van der Waals surface area (Å²) in [6.45, 7) is 2.09. The molecule has 6 heteroatoms. The fraction of sp³-hybridized carbons (Fsp3) is 0.364. The molecule has 2 heterocycles. The molecule has 0 atom stereocenters. The quantitative estimate of drug-likeness (QED) is 0.836. The van der Waals surface area contributed by atoms with E-state index in [9.17, 15) is 4.79 Å². The number of aryl methyl sites for hydroxylation is 2. The molecule has 0 radical (unpaired) electrons. The van der Waals surface area contributed by atoms with Crippen molar-refractivity contribution in [3.8, 4) is 0 Å². The fourth-order valence-corrected chi connectivity index (χ4v) is 1.55. The van der Waals surface area contributed by atoms with Gasteiger partial charge in [0.25, 0.3) is 5.91 Å². The van der Waals surface area contributed by atoms with E-state index in [-0.39, 0.29) is 5.91 Å². The highest BCUT2D eigenvalue weighted by molar-refractivity contribution is 6.03. The number of anilines is 1. The molecule has 2 aromatic heterocycles. The zero-order valence-corrected chi connectivity index (χ0v) is 9.90. The van der Waals surface area contributed by atoms with Gasteiger partial charge < -0.3 is 5.32 Å². The van der Waals surface area contributed by atoms with Crippen molar-refractivity contribution in [3.63, 3.8) is 0 Å². The van der Waals surface area contributed by atoms with Gasteiger partial charge in [-0.15, -0.1) is 0 Å². The second kappa shape index (κ2) is 4.82. The molecule has 1 amide bonds. The molecule has 0 aliphatic carbocycles. The first-order valence-electron chi connectivity index (χ1n) is 5.53. The lowest BCUT2D eigenvalue weighted by Gasteiger charge is -1.97. The number of rotatable bonds is 4. The van der Waals surface area contributed by atoms with Gasteiger partial charge in [-0.1, -0.05) is 13.3 Å². The van der Waals surface area contributed by atoms with Crippen LogP contribution in [0.4, 0.5) is 5.82 Å². The minimum absolute atomic E-state index is 0.201. The Balaban J connectivity index is 2.02. The normalized spacial score (nSPS) is 10.5. The second-order valence-electron chi connectivity index (χ2n) is 3.89. The van der Waals surface area contributed by atoms with E-state index in [0.717, 1.165) is 18.5 Å². The van der Waals surface area contributed by atoms with Gasteiger partial charge in [0.05, 0.1) is 11.8 Å². The Labute approximate surface area is 99.0 Å². The third kappa shape index (κ3) is 2.72. The molecule has 0 aromatic carbocycles. The van der Waals surface area contributed by atoms with Crippen LogP contribution in [0, 0.1) is 0 Å². The van der Waals surface area contributed by atoms with E-state index >= 15 is 0 Å². The first kappa shape index (κ1) is 11.4. The monoisotopic (exact) mass is 233 g/mol. The Kier molecular flexibility index (Phi) is 3.22. The van der Waals surface area contributed by atoms with Crippen LogP contribution in [-0.4, -0.2) is 25.9 Å². The molecule has 2 rings (SSSR count). The number of amides is 1. The number of H-pyrrole nitrogens is 1. The number of hydrogen-bond donors (Lipinski definition) is 2. The third-order valence-corrected chi connectivity index (χ3v) is 2.36. The van der Waals surface area contributed by atoms with Crippen LogP contribution in [0.5, 0.6) is 0 Å². The fourth-order valence-electron chi connectivity index (χ4n) is 1.55. The van der Waals surface area contributed by atoms with Crippen molar-refractivity contribution in [2.75, 3.05) is 5.32 Å². The Bertz CT molecular complexity index is 513. The molecule has 0 bridgehead atoms. The molecule has 2 N–H and O–H groups in total. The Morgan fingerprint density at radius 2 is 2.41 bits per heavy atom. The van der Waals surface area contributed by atoms with Crippen molar-refractivity contribution in [2.45, 2.75) is 19.8 Å². The van der Waals surface area contributed by atoms with E-state index in [0.29, 0.717) is 11.4 Å². The van der Waals surface area contributed by atoms with Gasteiger partial charge in [-0.05, 0) is 6.42 Å². The summed E-state index contributed by atoms with van der Waals surface area (Å²) >= 11 is 0. The number of aromatic amines is 1. The van der Waals surface area contributed by atoms with Crippen molar-refractivity contribution in [1.29, 1.82) is 0 Å². The van der Waals surface area contributed by atoms with Crippen LogP contribution >= 0.6 is 0 Å². The molecule has 6 nitrogen and oxygen atoms in total. The Hall–Kier alpha value is -2.11. The predicted octanol–water partition coefficient (Wildman–Crippen LogP) is 1.35. The lowest BCUT2D eigenvalue weighted by Crippen LogP contribution is -2.11. The van der Waals surface area contributed by atoms with Gasteiger partial charge in [-0.25, -0.2) is 0 Å². The van der Waals surface area contributed by atoms with E-state index in [1.165, 1.54) is 6.20 Å². The van der Waals surface area contributed by atoms with Gasteiger partial charge in [0.2, 0.25) is 0 Å². The maximum atomic E-state index is 11.8. The first-order valence-corrected chi connectivity index (χ1v) is 5.53. The average molecular weight is 233 g/mol. The molecular weight excluding hydrogens is 218 g/mol. The highest BCUT2D eigenvalue weighted by Gasteiger charge is 2.09. The van der Waals surface area contributed by atoms with Crippen molar-refractivity contribution in [3.05, 3.63) is 29.7 Å². The summed E-state index contributed by atoms with van der Waals surface area (Å²) in [4.78, 5) is 11.8. The summed E-state index contributed by atoms with van der Waals surface area (Å²) in [5, 5.41) is 13.6. The van der Waals surface area contributed by atoms with Gasteiger partial charge in [0.15, 0.2) is 5.82 Å². The molecule has 0 saturated heterocycles. The lowest BCUT2D eigenvalue weighted by molar-refractivity contribution is 0.102. The van der Waals surface area contributed by atoms with Gasteiger partial charge >= 0.3 is 0 Å². The van der Waals surface area contributed by atoms with Crippen molar-refractivity contribution in [1.82, 2.24) is 20.0 Å². The predicted molar refractivity (Wildman–Crippen MR) is 63.7 cm³/mol. The molecule has 0 unspecified atom stereocenters. The van der Waals surface area contributed by atoms with Crippen LogP contribution in [0.1, 0.15) is 29.4 Å². The standard InChI is InChI=1S/C11H15N5O/c1-3-4-9-5-10(15-14-9)13-11(17)8-6-12-16(2)7-8/h5-7H,3-4H2,1-2H3,(H2,13,14,15,17). The van der Waals surface area contributed by atoms with Crippen LogP contribution in [0.15, 0.2) is 18.5 Å². The number of hydrogen-bond acceptors (Lipinski definition) is 3. The van der Waals surface area contributed by atoms with Crippen molar-refractivity contribution >= 4 is 11.7 Å². The summed E-state index contributed by atoms with van der Waals surface area (Å²) in [6, 6.07) is 1.85. The van der Waals surface area contributed by atoms with E-state index in [1.54, 1.807) is 17.9 Å². The van der Waals surface area contributed by atoms with Gasteiger partial charge in [0.1, 0.15) is 0 Å². The molecular formula is C11H15N5O. The van der Waals surface area contributed by atoms with E-state index in [1.807, 2.05) is 6.07 Å². The number of carbonyl (C=O) groups is 1. The zero-order valence-electron chi connectivity index (χ0n) is 9.90. The molecule has 0 saturated carbocycles. The summed E-state index contributed by atoms with van der Waals surface area (Å²) in [5.41, 5.74) is 1.54. The van der Waals surface area contributed by atoms with Gasteiger partial charge in [0, 0.05) is 25.0 Å². The van der Waals surface area contributed by atoms with Crippen LogP contribution in [0.3, 0.4) is 0 Å². The molecule has 0 aliphatic heterocycles. The van der Waals surface area contributed by atoms with E-state index < -0.39 is 0 Å². The molecule has 90 valence electrons. The first-order chi connectivity index (χ1) is 8.19. The highest BCUT2D eigenvalue weighted by atomic mass is 16.1. The molecule has 17 heavy (non-hydrogen) atoms. The summed E-state index contributed by atoms with van der Waals surface area (Å²) in [7, 11) is 1.77. The summed E-state index contributed by atoms with van der Waals surface area (Å²) < 4.78 is 1.59. The summed E-state index contributed by atoms with van der Waals surface area (Å²) in [6.07, 6.45) is 5.15. The largest absolute Gasteiger partial charge is 0.305 e. The van der Waals surface area contributed by atoms with Gasteiger partial charge in [-0.2, -0.15) is 10.2 Å². The maximum absolute atomic E-state index is 11.8. The molecule has 0 spiro atoms. The SMILES string of the molecule is CCCc1cc(NC(=O)c2cnn(C)c2)n[nH]1. The Morgan fingerprint density at radius 3 is 3.06 bits per heavy atom. The van der Waals surface area contributed by atoms with Gasteiger partial charge in [-0.3, -0.25) is 14.6 Å². The van der Waals surface area contributed by atoms with Crippen LogP contribution in [-0.2, 0) is 13.5 Å². The zero-order chi connectivity index (χ0) is 12.3. The number of nitrogens with one attached hydrogen (secondary N) is 2. The molecule has 2 aromatic rings. The maximum Gasteiger partial charge on any atom is 0.260 e.